The summed E-state index contributed by atoms with van der Waals surface area (Å²) in [5.74, 6) is -3.28. The van der Waals surface area contributed by atoms with Gasteiger partial charge in [0.2, 0.25) is 0 Å². The minimum absolute atomic E-state index is 0.353. The molecule has 0 unspecified atom stereocenters. The summed E-state index contributed by atoms with van der Waals surface area (Å²) in [6.07, 6.45) is 0. The summed E-state index contributed by atoms with van der Waals surface area (Å²) < 4.78 is 26.2. The van der Waals surface area contributed by atoms with Crippen molar-refractivity contribution in [3.05, 3.63) is 34.9 Å². The van der Waals surface area contributed by atoms with Crippen LogP contribution in [0.25, 0.3) is 0 Å². The van der Waals surface area contributed by atoms with Crippen molar-refractivity contribution in [3.63, 3.8) is 0 Å². The zero-order valence-electron chi connectivity index (χ0n) is 8.80. The predicted octanol–water partition coefficient (Wildman–Crippen LogP) is 1.93. The summed E-state index contributed by atoms with van der Waals surface area (Å²) in [5.41, 5.74) is 7.53. The summed E-state index contributed by atoms with van der Waals surface area (Å²) in [6.45, 7) is 2.40. The van der Waals surface area contributed by atoms with E-state index in [1.54, 1.807) is 12.1 Å². The first kappa shape index (κ1) is 12.1. The molecule has 2 nitrogen and oxygen atoms in total. The first-order valence-corrected chi connectivity index (χ1v) is 4.69. The van der Waals surface area contributed by atoms with Crippen LogP contribution in [0.5, 0.6) is 0 Å². The highest BCUT2D eigenvalue weighted by atomic mass is 19.3. The number of aliphatic hydroxyl groups is 1. The Morgan fingerprint density at radius 1 is 1.27 bits per heavy atom. The van der Waals surface area contributed by atoms with E-state index in [9.17, 15) is 8.78 Å². The molecular formula is C11H15F2NO. The first-order valence-electron chi connectivity index (χ1n) is 4.69. The predicted molar refractivity (Wildman–Crippen MR) is 54.9 cm³/mol. The molecular weight excluding hydrogens is 200 g/mol. The van der Waals surface area contributed by atoms with E-state index in [1.807, 2.05) is 19.9 Å². The molecule has 0 spiro atoms. The molecule has 1 atom stereocenters. The van der Waals surface area contributed by atoms with E-state index in [2.05, 4.69) is 0 Å². The van der Waals surface area contributed by atoms with Gasteiger partial charge in [0.15, 0.2) is 0 Å². The highest BCUT2D eigenvalue weighted by Crippen LogP contribution is 2.29. The quantitative estimate of drug-likeness (QED) is 0.809. The number of hydrogen-bond acceptors (Lipinski definition) is 2. The maximum atomic E-state index is 13.1. The second-order valence-electron chi connectivity index (χ2n) is 3.82. The molecule has 1 aromatic carbocycles. The number of rotatable bonds is 3. The largest absolute Gasteiger partial charge is 0.390 e. The molecule has 0 radical (unpaired) electrons. The van der Waals surface area contributed by atoms with Gasteiger partial charge in [-0.2, -0.15) is 0 Å². The van der Waals surface area contributed by atoms with E-state index >= 15 is 0 Å². The molecule has 84 valence electrons. The van der Waals surface area contributed by atoms with Crippen LogP contribution in [-0.2, 0) is 0 Å². The van der Waals surface area contributed by atoms with E-state index in [1.165, 1.54) is 0 Å². The van der Waals surface area contributed by atoms with Crippen LogP contribution in [0.2, 0.25) is 0 Å². The van der Waals surface area contributed by atoms with Gasteiger partial charge in [0.25, 0.3) is 5.92 Å². The fourth-order valence-corrected chi connectivity index (χ4v) is 1.53. The van der Waals surface area contributed by atoms with Crippen LogP contribution in [0.15, 0.2) is 18.2 Å². The van der Waals surface area contributed by atoms with Crippen molar-refractivity contribution >= 4 is 0 Å². The number of halogens is 2. The zero-order chi connectivity index (χ0) is 11.6. The van der Waals surface area contributed by atoms with Crippen molar-refractivity contribution in [2.75, 3.05) is 6.61 Å². The van der Waals surface area contributed by atoms with E-state index in [0.717, 1.165) is 11.1 Å². The molecule has 3 N–H and O–H groups in total. The Labute approximate surface area is 87.7 Å². The Morgan fingerprint density at radius 2 is 1.73 bits per heavy atom. The van der Waals surface area contributed by atoms with Crippen molar-refractivity contribution in [2.45, 2.75) is 25.8 Å². The van der Waals surface area contributed by atoms with Crippen LogP contribution in [0.1, 0.15) is 22.7 Å². The molecule has 0 aliphatic rings. The Bertz CT molecular complexity index is 332. The summed E-state index contributed by atoms with van der Waals surface area (Å²) in [5, 5.41) is 8.53. The number of aryl methyl sites for hydroxylation is 2. The average Bonchev–Trinajstić information content (AvgIpc) is 2.15. The first-order chi connectivity index (χ1) is 6.86. The lowest BCUT2D eigenvalue weighted by atomic mass is 9.98. The SMILES string of the molecule is Cc1cc(C)cc([C@H](N)C(F)(F)CO)c1. The van der Waals surface area contributed by atoms with Crippen LogP contribution >= 0.6 is 0 Å². The molecule has 15 heavy (non-hydrogen) atoms. The van der Waals surface area contributed by atoms with Gasteiger partial charge in [-0.05, 0) is 19.4 Å². The van der Waals surface area contributed by atoms with Crippen molar-refractivity contribution in [3.8, 4) is 0 Å². The maximum Gasteiger partial charge on any atom is 0.289 e. The van der Waals surface area contributed by atoms with Gasteiger partial charge < -0.3 is 10.8 Å². The van der Waals surface area contributed by atoms with Crippen LogP contribution in [-0.4, -0.2) is 17.6 Å². The summed E-state index contributed by atoms with van der Waals surface area (Å²) in [4.78, 5) is 0. The number of alkyl halides is 2. The molecule has 0 aromatic heterocycles. The van der Waals surface area contributed by atoms with Gasteiger partial charge in [0, 0.05) is 0 Å². The molecule has 0 aliphatic heterocycles. The van der Waals surface area contributed by atoms with Crippen molar-refractivity contribution < 1.29 is 13.9 Å². The second kappa shape index (κ2) is 4.24. The summed E-state index contributed by atoms with van der Waals surface area (Å²) in [7, 11) is 0. The second-order valence-corrected chi connectivity index (χ2v) is 3.82. The third-order valence-electron chi connectivity index (χ3n) is 2.27. The minimum Gasteiger partial charge on any atom is -0.390 e. The Morgan fingerprint density at radius 3 is 2.13 bits per heavy atom. The van der Waals surface area contributed by atoms with Gasteiger partial charge >= 0.3 is 0 Å². The van der Waals surface area contributed by atoms with E-state index in [4.69, 9.17) is 10.8 Å². The molecule has 0 saturated carbocycles. The molecule has 1 rings (SSSR count). The Hall–Kier alpha value is -1.00. The van der Waals surface area contributed by atoms with Gasteiger partial charge in [-0.15, -0.1) is 0 Å². The monoisotopic (exact) mass is 215 g/mol. The molecule has 0 bridgehead atoms. The number of aliphatic hydroxyl groups excluding tert-OH is 1. The lowest BCUT2D eigenvalue weighted by molar-refractivity contribution is -0.0711. The maximum absolute atomic E-state index is 13.1. The summed E-state index contributed by atoms with van der Waals surface area (Å²) in [6, 6.07) is 3.65. The number of benzene rings is 1. The van der Waals surface area contributed by atoms with Crippen molar-refractivity contribution in [2.24, 2.45) is 5.73 Å². The molecule has 0 saturated heterocycles. The van der Waals surface area contributed by atoms with Gasteiger partial charge in [-0.3, -0.25) is 0 Å². The molecule has 1 aromatic rings. The van der Waals surface area contributed by atoms with Crippen LogP contribution in [0, 0.1) is 13.8 Å². The fourth-order valence-electron chi connectivity index (χ4n) is 1.53. The third-order valence-corrected chi connectivity index (χ3v) is 2.27. The molecule has 4 heteroatoms. The number of nitrogens with two attached hydrogens (primary N) is 1. The van der Waals surface area contributed by atoms with Crippen molar-refractivity contribution in [1.29, 1.82) is 0 Å². The lowest BCUT2D eigenvalue weighted by Gasteiger charge is -2.22. The Balaban J connectivity index is 3.06. The van der Waals surface area contributed by atoms with E-state index < -0.39 is 18.6 Å². The standard InChI is InChI=1S/C11H15F2NO/c1-7-3-8(2)5-9(4-7)10(14)11(12,13)6-15/h3-5,10,15H,6,14H2,1-2H3/t10-/m0/s1. The number of hydrogen-bond donors (Lipinski definition) is 2. The topological polar surface area (TPSA) is 46.2 Å². The molecule has 0 heterocycles. The van der Waals surface area contributed by atoms with E-state index in [0.29, 0.717) is 5.56 Å². The molecule has 0 fully saturated rings. The van der Waals surface area contributed by atoms with Gasteiger partial charge in [-0.1, -0.05) is 29.3 Å². The minimum atomic E-state index is -3.28. The molecule has 0 amide bonds. The average molecular weight is 215 g/mol. The normalized spacial score (nSPS) is 14.0. The zero-order valence-corrected chi connectivity index (χ0v) is 8.80. The highest BCUT2D eigenvalue weighted by molar-refractivity contribution is 5.31. The fraction of sp³-hybridized carbons (Fsp3) is 0.455. The highest BCUT2D eigenvalue weighted by Gasteiger charge is 2.37. The van der Waals surface area contributed by atoms with Gasteiger partial charge in [0.1, 0.15) is 6.61 Å². The summed E-state index contributed by atoms with van der Waals surface area (Å²) >= 11 is 0. The Kier molecular flexibility index (Phi) is 3.42. The smallest absolute Gasteiger partial charge is 0.289 e. The van der Waals surface area contributed by atoms with E-state index in [-0.39, 0.29) is 0 Å². The van der Waals surface area contributed by atoms with Crippen molar-refractivity contribution in [1.82, 2.24) is 0 Å². The van der Waals surface area contributed by atoms with Crippen LogP contribution in [0.3, 0.4) is 0 Å². The molecule has 0 aliphatic carbocycles. The van der Waals surface area contributed by atoms with Gasteiger partial charge in [0.05, 0.1) is 6.04 Å². The third kappa shape index (κ3) is 2.73. The van der Waals surface area contributed by atoms with Gasteiger partial charge in [-0.25, -0.2) is 8.78 Å². The van der Waals surface area contributed by atoms with Crippen LogP contribution in [0.4, 0.5) is 8.78 Å². The van der Waals surface area contributed by atoms with Crippen LogP contribution < -0.4 is 5.73 Å². The lowest BCUT2D eigenvalue weighted by Crippen LogP contribution is -2.36.